The van der Waals surface area contributed by atoms with Crippen LogP contribution in [0, 0.1) is 6.92 Å². The summed E-state index contributed by atoms with van der Waals surface area (Å²) in [5.74, 6) is 0. The second kappa shape index (κ2) is 5.25. The molecule has 0 aliphatic heterocycles. The number of nitrogens with zero attached hydrogens (tertiary/aromatic N) is 1. The normalized spacial score (nSPS) is 17.1. The summed E-state index contributed by atoms with van der Waals surface area (Å²) in [6.07, 6.45) is 3.78. The first-order valence-electron chi connectivity index (χ1n) is 6.34. The summed E-state index contributed by atoms with van der Waals surface area (Å²) in [4.78, 5) is 13.6. The molecule has 0 fully saturated rings. The van der Waals surface area contributed by atoms with Gasteiger partial charge in [0.2, 0.25) is 0 Å². The highest BCUT2D eigenvalue weighted by atomic mass is 16.2. The average molecular weight is 244 g/mol. The quantitative estimate of drug-likeness (QED) is 0.815. The minimum absolute atomic E-state index is 0.0331. The lowest BCUT2D eigenvalue weighted by Gasteiger charge is -2.20. The van der Waals surface area contributed by atoms with Crippen LogP contribution in [0.4, 0.5) is 4.79 Å². The van der Waals surface area contributed by atoms with Crippen LogP contribution in [0.5, 0.6) is 0 Å². The van der Waals surface area contributed by atoms with Gasteiger partial charge in [-0.25, -0.2) is 4.79 Å². The third kappa shape index (κ3) is 2.40. The van der Waals surface area contributed by atoms with Crippen molar-refractivity contribution in [1.82, 2.24) is 10.2 Å². The van der Waals surface area contributed by atoms with Gasteiger partial charge in [-0.2, -0.15) is 0 Å². The number of urea groups is 1. The Hall–Kier alpha value is -1.77. The van der Waals surface area contributed by atoms with Crippen molar-refractivity contribution in [2.24, 2.45) is 0 Å². The highest BCUT2D eigenvalue weighted by Crippen LogP contribution is 2.32. The second-order valence-corrected chi connectivity index (χ2v) is 4.85. The number of aryl methyl sites for hydroxylation is 1. The van der Waals surface area contributed by atoms with Crippen molar-refractivity contribution in [3.05, 3.63) is 47.5 Å². The summed E-state index contributed by atoms with van der Waals surface area (Å²) in [6.45, 7) is 6.34. The van der Waals surface area contributed by atoms with Gasteiger partial charge in [-0.05, 0) is 36.5 Å². The SMILES string of the molecule is C=CCN(C)C(=O)NC1CCc2c(C)cccc21. The zero-order valence-electron chi connectivity index (χ0n) is 11.1. The molecule has 1 aliphatic rings. The Balaban J connectivity index is 2.08. The summed E-state index contributed by atoms with van der Waals surface area (Å²) in [6, 6.07) is 6.43. The topological polar surface area (TPSA) is 32.3 Å². The maximum absolute atomic E-state index is 12.0. The van der Waals surface area contributed by atoms with Crippen LogP contribution in [0.15, 0.2) is 30.9 Å². The molecule has 96 valence electrons. The van der Waals surface area contributed by atoms with Crippen LogP contribution in [0.3, 0.4) is 0 Å². The third-order valence-electron chi connectivity index (χ3n) is 3.55. The minimum Gasteiger partial charge on any atom is -0.331 e. The Morgan fingerprint density at radius 2 is 2.39 bits per heavy atom. The van der Waals surface area contributed by atoms with Crippen LogP contribution in [0.2, 0.25) is 0 Å². The van der Waals surface area contributed by atoms with Crippen molar-refractivity contribution in [2.75, 3.05) is 13.6 Å². The first-order valence-corrected chi connectivity index (χ1v) is 6.34. The zero-order valence-corrected chi connectivity index (χ0v) is 11.1. The predicted octanol–water partition coefficient (Wildman–Crippen LogP) is 2.81. The molecule has 0 aromatic heterocycles. The van der Waals surface area contributed by atoms with Gasteiger partial charge in [0.15, 0.2) is 0 Å². The lowest BCUT2D eigenvalue weighted by molar-refractivity contribution is 0.209. The van der Waals surface area contributed by atoms with Gasteiger partial charge < -0.3 is 10.2 Å². The Kier molecular flexibility index (Phi) is 3.70. The fourth-order valence-corrected chi connectivity index (χ4v) is 2.52. The molecule has 0 saturated heterocycles. The molecule has 1 atom stereocenters. The van der Waals surface area contributed by atoms with Gasteiger partial charge in [0.1, 0.15) is 0 Å². The smallest absolute Gasteiger partial charge is 0.317 e. The van der Waals surface area contributed by atoms with Crippen molar-refractivity contribution >= 4 is 6.03 Å². The molecule has 0 heterocycles. The highest BCUT2D eigenvalue weighted by Gasteiger charge is 2.25. The number of likely N-dealkylation sites (N-methyl/N-ethyl adjacent to an activating group) is 1. The van der Waals surface area contributed by atoms with Gasteiger partial charge in [-0.1, -0.05) is 24.3 Å². The van der Waals surface area contributed by atoms with E-state index >= 15 is 0 Å². The Labute approximate surface area is 108 Å². The molecule has 2 rings (SSSR count). The van der Waals surface area contributed by atoms with Gasteiger partial charge in [-0.15, -0.1) is 6.58 Å². The van der Waals surface area contributed by atoms with Crippen LogP contribution >= 0.6 is 0 Å². The number of rotatable bonds is 3. The number of carbonyl (C=O) groups is 1. The van der Waals surface area contributed by atoms with E-state index in [1.54, 1.807) is 18.0 Å². The monoisotopic (exact) mass is 244 g/mol. The molecule has 0 saturated carbocycles. The lowest BCUT2D eigenvalue weighted by atomic mass is 10.0. The molecule has 3 nitrogen and oxygen atoms in total. The van der Waals surface area contributed by atoms with E-state index in [9.17, 15) is 4.79 Å². The molecule has 3 heteroatoms. The van der Waals surface area contributed by atoms with Crippen molar-refractivity contribution in [1.29, 1.82) is 0 Å². The van der Waals surface area contributed by atoms with Crippen molar-refractivity contribution in [3.63, 3.8) is 0 Å². The van der Waals surface area contributed by atoms with E-state index in [0.29, 0.717) is 6.54 Å². The molecule has 0 radical (unpaired) electrons. The van der Waals surface area contributed by atoms with E-state index in [1.165, 1.54) is 16.7 Å². The maximum atomic E-state index is 12.0. The van der Waals surface area contributed by atoms with E-state index in [0.717, 1.165) is 12.8 Å². The Morgan fingerprint density at radius 3 is 3.11 bits per heavy atom. The first kappa shape index (κ1) is 12.7. The van der Waals surface area contributed by atoms with Crippen molar-refractivity contribution in [2.45, 2.75) is 25.8 Å². The highest BCUT2D eigenvalue weighted by molar-refractivity contribution is 5.74. The van der Waals surface area contributed by atoms with Gasteiger partial charge >= 0.3 is 6.03 Å². The third-order valence-corrected chi connectivity index (χ3v) is 3.55. The fraction of sp³-hybridized carbons (Fsp3) is 0.400. The number of hydrogen-bond acceptors (Lipinski definition) is 1. The number of hydrogen-bond donors (Lipinski definition) is 1. The first-order chi connectivity index (χ1) is 8.63. The zero-order chi connectivity index (χ0) is 13.1. The van der Waals surface area contributed by atoms with Crippen LogP contribution in [0.25, 0.3) is 0 Å². The minimum atomic E-state index is -0.0331. The molecule has 1 aromatic rings. The largest absolute Gasteiger partial charge is 0.331 e. The van der Waals surface area contributed by atoms with E-state index < -0.39 is 0 Å². The lowest BCUT2D eigenvalue weighted by Crippen LogP contribution is -2.38. The summed E-state index contributed by atoms with van der Waals surface area (Å²) in [7, 11) is 1.78. The van der Waals surface area contributed by atoms with Gasteiger partial charge in [0, 0.05) is 13.6 Å². The molecule has 1 unspecified atom stereocenters. The molecule has 1 aromatic carbocycles. The Bertz CT molecular complexity index is 468. The molecule has 18 heavy (non-hydrogen) atoms. The summed E-state index contributed by atoms with van der Waals surface area (Å²) in [5.41, 5.74) is 3.99. The summed E-state index contributed by atoms with van der Waals surface area (Å²) in [5, 5.41) is 3.09. The van der Waals surface area contributed by atoms with Crippen molar-refractivity contribution < 1.29 is 4.79 Å². The van der Waals surface area contributed by atoms with Crippen LogP contribution in [0.1, 0.15) is 29.2 Å². The fourth-order valence-electron chi connectivity index (χ4n) is 2.52. The Morgan fingerprint density at radius 1 is 1.61 bits per heavy atom. The van der Waals surface area contributed by atoms with E-state index in [4.69, 9.17) is 0 Å². The summed E-state index contributed by atoms with van der Waals surface area (Å²) >= 11 is 0. The molecule has 2 amide bonds. The summed E-state index contributed by atoms with van der Waals surface area (Å²) < 4.78 is 0. The van der Waals surface area contributed by atoms with Gasteiger partial charge in [-0.3, -0.25) is 0 Å². The van der Waals surface area contributed by atoms with E-state index in [-0.39, 0.29) is 12.1 Å². The van der Waals surface area contributed by atoms with Crippen LogP contribution < -0.4 is 5.32 Å². The van der Waals surface area contributed by atoms with Crippen molar-refractivity contribution in [3.8, 4) is 0 Å². The predicted molar refractivity (Wildman–Crippen MR) is 73.6 cm³/mol. The standard InChI is InChI=1S/C15H20N2O/c1-4-10-17(3)15(18)16-14-9-8-12-11(2)6-5-7-13(12)14/h4-7,14H,1,8-10H2,2-3H3,(H,16,18). The number of fused-ring (bicyclic) bond motifs is 1. The van der Waals surface area contributed by atoms with E-state index in [1.807, 2.05) is 0 Å². The molecule has 1 aliphatic carbocycles. The molecule has 0 bridgehead atoms. The molecule has 1 N–H and O–H groups in total. The van der Waals surface area contributed by atoms with Gasteiger partial charge in [0.05, 0.1) is 6.04 Å². The molecular formula is C15H20N2O. The number of nitrogens with one attached hydrogen (secondary N) is 1. The average Bonchev–Trinajstić information content (AvgIpc) is 2.74. The van der Waals surface area contributed by atoms with Gasteiger partial charge in [0.25, 0.3) is 0 Å². The van der Waals surface area contributed by atoms with Crippen LogP contribution in [-0.4, -0.2) is 24.5 Å². The molecule has 0 spiro atoms. The number of benzene rings is 1. The maximum Gasteiger partial charge on any atom is 0.317 e. The molecular weight excluding hydrogens is 224 g/mol. The number of amides is 2. The van der Waals surface area contributed by atoms with Crippen LogP contribution in [-0.2, 0) is 6.42 Å². The second-order valence-electron chi connectivity index (χ2n) is 4.85. The van der Waals surface area contributed by atoms with E-state index in [2.05, 4.69) is 37.0 Å². The number of carbonyl (C=O) groups excluding carboxylic acids is 1.